The maximum atomic E-state index is 12.4. The van der Waals surface area contributed by atoms with Gasteiger partial charge in [0, 0.05) is 25.0 Å². The highest BCUT2D eigenvalue weighted by atomic mass is 16.4. The van der Waals surface area contributed by atoms with E-state index in [2.05, 4.69) is 4.98 Å². The molecular weight excluding hydrogens is 246 g/mol. The topological polar surface area (TPSA) is 75.4 Å². The van der Waals surface area contributed by atoms with E-state index in [1.807, 2.05) is 0 Å². The van der Waals surface area contributed by atoms with Crippen molar-refractivity contribution in [2.24, 2.45) is 0 Å². The zero-order chi connectivity index (χ0) is 13.4. The number of carboxylic acid groups (broad SMARTS) is 1. The van der Waals surface area contributed by atoms with Crippen molar-refractivity contribution in [3.8, 4) is 0 Å². The lowest BCUT2D eigenvalue weighted by atomic mass is 10.0. The summed E-state index contributed by atoms with van der Waals surface area (Å²) in [6.07, 6.45) is 7.71. The SMILES string of the molecule is O=C(O)C1CCCCN1c1nccn(C2CC2)c1=O. The second kappa shape index (κ2) is 4.68. The number of anilines is 1. The van der Waals surface area contributed by atoms with E-state index < -0.39 is 12.0 Å². The summed E-state index contributed by atoms with van der Waals surface area (Å²) in [7, 11) is 0. The number of hydrogen-bond donors (Lipinski definition) is 1. The minimum Gasteiger partial charge on any atom is -0.480 e. The third kappa shape index (κ3) is 2.22. The zero-order valence-corrected chi connectivity index (χ0v) is 10.7. The molecule has 0 aromatic carbocycles. The molecule has 2 heterocycles. The van der Waals surface area contributed by atoms with E-state index in [9.17, 15) is 14.7 Å². The molecule has 2 aliphatic rings. The van der Waals surface area contributed by atoms with Crippen LogP contribution >= 0.6 is 0 Å². The summed E-state index contributed by atoms with van der Waals surface area (Å²) < 4.78 is 1.69. The molecule has 1 aromatic heterocycles. The normalized spacial score (nSPS) is 23.4. The second-order valence-corrected chi connectivity index (χ2v) is 5.24. The molecule has 6 heteroatoms. The monoisotopic (exact) mass is 263 g/mol. The highest BCUT2D eigenvalue weighted by molar-refractivity contribution is 5.77. The van der Waals surface area contributed by atoms with Crippen molar-refractivity contribution in [3.05, 3.63) is 22.7 Å². The maximum absolute atomic E-state index is 12.4. The number of hydrogen-bond acceptors (Lipinski definition) is 4. The van der Waals surface area contributed by atoms with Crippen molar-refractivity contribution >= 4 is 11.8 Å². The van der Waals surface area contributed by atoms with Crippen molar-refractivity contribution in [3.63, 3.8) is 0 Å². The molecule has 1 unspecified atom stereocenters. The Morgan fingerprint density at radius 2 is 2.11 bits per heavy atom. The average molecular weight is 263 g/mol. The highest BCUT2D eigenvalue weighted by Crippen LogP contribution is 2.33. The largest absolute Gasteiger partial charge is 0.480 e. The third-order valence-corrected chi connectivity index (χ3v) is 3.85. The van der Waals surface area contributed by atoms with Gasteiger partial charge in [-0.2, -0.15) is 0 Å². The van der Waals surface area contributed by atoms with Crippen molar-refractivity contribution in [1.29, 1.82) is 0 Å². The van der Waals surface area contributed by atoms with Gasteiger partial charge in [0.25, 0.3) is 5.56 Å². The molecule has 1 N–H and O–H groups in total. The Hall–Kier alpha value is -1.85. The van der Waals surface area contributed by atoms with Crippen molar-refractivity contribution in [2.75, 3.05) is 11.4 Å². The number of aliphatic carboxylic acids is 1. The summed E-state index contributed by atoms with van der Waals surface area (Å²) in [5.41, 5.74) is -0.154. The first-order chi connectivity index (χ1) is 9.18. The van der Waals surface area contributed by atoms with Gasteiger partial charge in [-0.1, -0.05) is 0 Å². The van der Waals surface area contributed by atoms with Crippen LogP contribution in [-0.4, -0.2) is 33.2 Å². The van der Waals surface area contributed by atoms with Gasteiger partial charge < -0.3 is 14.6 Å². The fourth-order valence-corrected chi connectivity index (χ4v) is 2.69. The first-order valence-corrected chi connectivity index (χ1v) is 6.75. The number of rotatable bonds is 3. The van der Waals surface area contributed by atoms with Crippen LogP contribution in [0, 0.1) is 0 Å². The Balaban J connectivity index is 1.98. The van der Waals surface area contributed by atoms with Crippen molar-refractivity contribution in [1.82, 2.24) is 9.55 Å². The molecule has 19 heavy (non-hydrogen) atoms. The van der Waals surface area contributed by atoms with Crippen LogP contribution in [-0.2, 0) is 4.79 Å². The molecule has 0 spiro atoms. The summed E-state index contributed by atoms with van der Waals surface area (Å²) in [5.74, 6) is -0.579. The fourth-order valence-electron chi connectivity index (χ4n) is 2.69. The number of carboxylic acids is 1. The van der Waals surface area contributed by atoms with Gasteiger partial charge in [0.05, 0.1) is 0 Å². The van der Waals surface area contributed by atoms with Crippen LogP contribution < -0.4 is 10.5 Å². The van der Waals surface area contributed by atoms with Gasteiger partial charge in [0.1, 0.15) is 6.04 Å². The number of aromatic nitrogens is 2. The van der Waals surface area contributed by atoms with Crippen molar-refractivity contribution < 1.29 is 9.90 Å². The summed E-state index contributed by atoms with van der Waals surface area (Å²) in [6, 6.07) is -0.341. The predicted molar refractivity (Wildman–Crippen MR) is 69.4 cm³/mol. The number of carbonyl (C=O) groups is 1. The molecule has 1 atom stereocenters. The minimum absolute atomic E-state index is 0.154. The highest BCUT2D eigenvalue weighted by Gasteiger charge is 2.32. The molecule has 0 radical (unpaired) electrons. The van der Waals surface area contributed by atoms with E-state index in [0.717, 1.165) is 25.7 Å². The fraction of sp³-hybridized carbons (Fsp3) is 0.615. The van der Waals surface area contributed by atoms with E-state index in [1.54, 1.807) is 21.9 Å². The molecule has 3 rings (SSSR count). The van der Waals surface area contributed by atoms with Crippen LogP contribution in [0.4, 0.5) is 5.82 Å². The smallest absolute Gasteiger partial charge is 0.326 e. The van der Waals surface area contributed by atoms with Crippen LogP contribution in [0.25, 0.3) is 0 Å². The Morgan fingerprint density at radius 1 is 1.32 bits per heavy atom. The first-order valence-electron chi connectivity index (χ1n) is 6.75. The van der Waals surface area contributed by atoms with Gasteiger partial charge in [0.2, 0.25) is 0 Å². The average Bonchev–Trinajstić information content (AvgIpc) is 3.23. The van der Waals surface area contributed by atoms with Crippen molar-refractivity contribution in [2.45, 2.75) is 44.2 Å². The Morgan fingerprint density at radius 3 is 2.79 bits per heavy atom. The number of piperidine rings is 1. The quantitative estimate of drug-likeness (QED) is 0.881. The Labute approximate surface area is 110 Å². The number of nitrogens with zero attached hydrogens (tertiary/aromatic N) is 3. The summed E-state index contributed by atoms with van der Waals surface area (Å²) in [5, 5.41) is 9.27. The predicted octanol–water partition coefficient (Wildman–Crippen LogP) is 1.02. The van der Waals surface area contributed by atoms with Gasteiger partial charge in [-0.05, 0) is 32.1 Å². The maximum Gasteiger partial charge on any atom is 0.326 e. The molecule has 2 fully saturated rings. The summed E-state index contributed by atoms with van der Waals surface area (Å²) in [6.45, 7) is 0.591. The minimum atomic E-state index is -0.872. The first kappa shape index (κ1) is 12.2. The van der Waals surface area contributed by atoms with E-state index >= 15 is 0 Å². The molecule has 0 bridgehead atoms. The van der Waals surface area contributed by atoms with Crippen LogP contribution in [0.5, 0.6) is 0 Å². The summed E-state index contributed by atoms with van der Waals surface area (Å²) in [4.78, 5) is 29.5. The van der Waals surface area contributed by atoms with Gasteiger partial charge in [0.15, 0.2) is 5.82 Å². The molecule has 1 saturated carbocycles. The second-order valence-electron chi connectivity index (χ2n) is 5.24. The molecule has 6 nitrogen and oxygen atoms in total. The lowest BCUT2D eigenvalue weighted by molar-refractivity contribution is -0.139. The van der Waals surface area contributed by atoms with E-state index in [1.165, 1.54) is 0 Å². The van der Waals surface area contributed by atoms with Gasteiger partial charge >= 0.3 is 5.97 Å². The van der Waals surface area contributed by atoms with Gasteiger partial charge in [-0.3, -0.25) is 4.79 Å². The zero-order valence-electron chi connectivity index (χ0n) is 10.7. The van der Waals surface area contributed by atoms with Gasteiger partial charge in [-0.15, -0.1) is 0 Å². The standard InChI is InChI=1S/C13H17N3O3/c17-12-11(14-6-8-15(12)9-4-5-9)16-7-2-1-3-10(16)13(18)19/h6,8-10H,1-5,7H2,(H,18,19). The van der Waals surface area contributed by atoms with E-state index in [-0.39, 0.29) is 11.6 Å². The van der Waals surface area contributed by atoms with E-state index in [4.69, 9.17) is 0 Å². The Bertz CT molecular complexity index is 550. The van der Waals surface area contributed by atoms with Crippen LogP contribution in [0.2, 0.25) is 0 Å². The summed E-state index contributed by atoms with van der Waals surface area (Å²) >= 11 is 0. The van der Waals surface area contributed by atoms with Crippen LogP contribution in [0.15, 0.2) is 17.2 Å². The van der Waals surface area contributed by atoms with Crippen LogP contribution in [0.1, 0.15) is 38.1 Å². The molecule has 102 valence electrons. The molecule has 1 aromatic rings. The molecule has 1 aliphatic heterocycles. The lowest BCUT2D eigenvalue weighted by Gasteiger charge is -2.33. The molecule has 1 saturated heterocycles. The van der Waals surface area contributed by atoms with E-state index in [0.29, 0.717) is 18.8 Å². The molecule has 0 amide bonds. The third-order valence-electron chi connectivity index (χ3n) is 3.85. The molecular formula is C13H17N3O3. The van der Waals surface area contributed by atoms with Crippen LogP contribution in [0.3, 0.4) is 0 Å². The lowest BCUT2D eigenvalue weighted by Crippen LogP contribution is -2.48. The Kier molecular flexibility index (Phi) is 3.00. The van der Waals surface area contributed by atoms with Gasteiger partial charge in [-0.25, -0.2) is 9.78 Å². The molecule has 1 aliphatic carbocycles.